The number of nitrogen functional groups attached to an aromatic ring is 2. The van der Waals surface area contributed by atoms with Crippen molar-refractivity contribution in [1.29, 1.82) is 0 Å². The van der Waals surface area contributed by atoms with E-state index in [1.165, 1.54) is 22.3 Å². The van der Waals surface area contributed by atoms with Gasteiger partial charge in [0.05, 0.1) is 11.4 Å². The van der Waals surface area contributed by atoms with Crippen molar-refractivity contribution in [1.82, 2.24) is 0 Å². The molecule has 1 aromatic carbocycles. The molecule has 0 aliphatic rings. The molecule has 0 spiro atoms. The fraction of sp³-hybridized carbons (Fsp3) is 0.538. The van der Waals surface area contributed by atoms with Crippen molar-refractivity contribution in [2.45, 2.75) is 47.0 Å². The Bertz CT molecular complexity index is 336. The third-order valence-electron chi connectivity index (χ3n) is 3.26. The second-order valence-corrected chi connectivity index (χ2v) is 3.95. The molecule has 0 radical (unpaired) electrons. The van der Waals surface area contributed by atoms with Gasteiger partial charge in [-0.1, -0.05) is 20.8 Å². The second-order valence-electron chi connectivity index (χ2n) is 3.95. The fourth-order valence-corrected chi connectivity index (χ4v) is 2.41. The second kappa shape index (κ2) is 4.56. The van der Waals surface area contributed by atoms with Crippen LogP contribution in [-0.2, 0) is 19.3 Å². The molecule has 0 atom stereocenters. The zero-order valence-electron chi connectivity index (χ0n) is 10.3. The van der Waals surface area contributed by atoms with Gasteiger partial charge in [-0.15, -0.1) is 0 Å². The number of benzene rings is 1. The number of anilines is 2. The molecule has 0 aliphatic heterocycles. The highest BCUT2D eigenvalue weighted by molar-refractivity contribution is 5.75. The van der Waals surface area contributed by atoms with E-state index in [-0.39, 0.29) is 0 Å². The van der Waals surface area contributed by atoms with Gasteiger partial charge in [-0.05, 0) is 48.4 Å². The van der Waals surface area contributed by atoms with E-state index < -0.39 is 0 Å². The summed E-state index contributed by atoms with van der Waals surface area (Å²) in [5, 5.41) is 0. The lowest BCUT2D eigenvalue weighted by molar-refractivity contribution is 0.973. The molecule has 2 nitrogen and oxygen atoms in total. The van der Waals surface area contributed by atoms with Crippen molar-refractivity contribution >= 4 is 11.4 Å². The molecule has 0 bridgehead atoms. The predicted molar refractivity (Wildman–Crippen MR) is 68.1 cm³/mol. The van der Waals surface area contributed by atoms with Gasteiger partial charge in [-0.25, -0.2) is 0 Å². The van der Waals surface area contributed by atoms with Crippen LogP contribution in [0.4, 0.5) is 11.4 Å². The number of nitrogens with two attached hydrogens (primary N) is 2. The highest BCUT2D eigenvalue weighted by Gasteiger charge is 2.14. The molecule has 15 heavy (non-hydrogen) atoms. The third-order valence-corrected chi connectivity index (χ3v) is 3.26. The minimum absolute atomic E-state index is 0.779. The van der Waals surface area contributed by atoms with Crippen molar-refractivity contribution in [3.8, 4) is 0 Å². The molecule has 0 amide bonds. The lowest BCUT2D eigenvalue weighted by Crippen LogP contribution is -2.09. The Balaban J connectivity index is 3.59. The van der Waals surface area contributed by atoms with Crippen LogP contribution in [0.15, 0.2) is 0 Å². The third kappa shape index (κ3) is 1.81. The molecule has 0 heterocycles. The monoisotopic (exact) mass is 206 g/mol. The fourth-order valence-electron chi connectivity index (χ4n) is 2.41. The molecule has 84 valence electrons. The maximum atomic E-state index is 6.07. The van der Waals surface area contributed by atoms with Crippen LogP contribution in [0.2, 0.25) is 0 Å². The summed E-state index contributed by atoms with van der Waals surface area (Å²) in [7, 11) is 0. The number of rotatable bonds is 3. The molecule has 0 aliphatic carbocycles. The Hall–Kier alpha value is -1.18. The highest BCUT2D eigenvalue weighted by Crippen LogP contribution is 2.33. The Morgan fingerprint density at radius 3 is 1.60 bits per heavy atom. The minimum atomic E-state index is 0.779. The minimum Gasteiger partial charge on any atom is -0.397 e. The molecule has 0 aromatic heterocycles. The van der Waals surface area contributed by atoms with Gasteiger partial charge in [0.25, 0.3) is 0 Å². The lowest BCUT2D eigenvalue weighted by Gasteiger charge is -2.19. The van der Waals surface area contributed by atoms with Crippen molar-refractivity contribution in [3.63, 3.8) is 0 Å². The van der Waals surface area contributed by atoms with E-state index >= 15 is 0 Å². The molecular weight excluding hydrogens is 184 g/mol. The smallest absolute Gasteiger partial charge is 0.0585 e. The van der Waals surface area contributed by atoms with Crippen LogP contribution in [0.25, 0.3) is 0 Å². The van der Waals surface area contributed by atoms with Crippen LogP contribution in [0, 0.1) is 6.92 Å². The van der Waals surface area contributed by atoms with E-state index in [0.29, 0.717) is 0 Å². The van der Waals surface area contributed by atoms with Gasteiger partial charge < -0.3 is 11.5 Å². The van der Waals surface area contributed by atoms with Gasteiger partial charge in [0.15, 0.2) is 0 Å². The summed E-state index contributed by atoms with van der Waals surface area (Å²) in [5.41, 5.74) is 18.9. The van der Waals surface area contributed by atoms with Gasteiger partial charge in [-0.3, -0.25) is 0 Å². The maximum Gasteiger partial charge on any atom is 0.0585 e. The first-order valence-corrected chi connectivity index (χ1v) is 5.76. The topological polar surface area (TPSA) is 52.0 Å². The molecule has 1 aromatic rings. The molecule has 1 rings (SSSR count). The van der Waals surface area contributed by atoms with E-state index in [4.69, 9.17) is 11.5 Å². The summed E-state index contributed by atoms with van der Waals surface area (Å²) in [5.74, 6) is 0. The van der Waals surface area contributed by atoms with Gasteiger partial charge in [0, 0.05) is 0 Å². The Morgan fingerprint density at radius 1 is 0.733 bits per heavy atom. The first-order chi connectivity index (χ1) is 7.08. The molecule has 0 unspecified atom stereocenters. The quantitative estimate of drug-likeness (QED) is 0.747. The summed E-state index contributed by atoms with van der Waals surface area (Å²) in [4.78, 5) is 0. The molecule has 0 fully saturated rings. The normalized spacial score (nSPS) is 10.7. The zero-order chi connectivity index (χ0) is 11.6. The Kier molecular flexibility index (Phi) is 3.61. The van der Waals surface area contributed by atoms with Crippen LogP contribution in [-0.4, -0.2) is 0 Å². The van der Waals surface area contributed by atoms with Crippen LogP contribution < -0.4 is 11.5 Å². The highest BCUT2D eigenvalue weighted by atomic mass is 14.7. The average molecular weight is 206 g/mol. The molecular formula is C13H22N2. The van der Waals surface area contributed by atoms with Crippen molar-refractivity contribution in [2.24, 2.45) is 0 Å². The largest absolute Gasteiger partial charge is 0.397 e. The molecule has 0 saturated heterocycles. The molecule has 0 saturated carbocycles. The van der Waals surface area contributed by atoms with E-state index in [0.717, 1.165) is 30.6 Å². The van der Waals surface area contributed by atoms with Crippen LogP contribution in [0.5, 0.6) is 0 Å². The van der Waals surface area contributed by atoms with E-state index in [2.05, 4.69) is 27.7 Å². The first kappa shape index (κ1) is 11.9. The summed E-state index contributed by atoms with van der Waals surface area (Å²) in [6.45, 7) is 8.57. The summed E-state index contributed by atoms with van der Waals surface area (Å²) < 4.78 is 0. The van der Waals surface area contributed by atoms with Crippen LogP contribution >= 0.6 is 0 Å². The Morgan fingerprint density at radius 2 is 1.20 bits per heavy atom. The van der Waals surface area contributed by atoms with E-state index in [1.807, 2.05) is 0 Å². The van der Waals surface area contributed by atoms with E-state index in [1.54, 1.807) is 0 Å². The van der Waals surface area contributed by atoms with Crippen molar-refractivity contribution in [2.75, 3.05) is 11.5 Å². The maximum absolute atomic E-state index is 6.07. The Labute approximate surface area is 92.7 Å². The summed E-state index contributed by atoms with van der Waals surface area (Å²) >= 11 is 0. The predicted octanol–water partition coefficient (Wildman–Crippen LogP) is 2.85. The standard InChI is InChI=1S/C13H22N2/c1-5-9-8(4)12(14)13(15)11(7-3)10(9)6-2/h5-7,14-15H2,1-4H3. The first-order valence-electron chi connectivity index (χ1n) is 5.76. The van der Waals surface area contributed by atoms with Gasteiger partial charge >= 0.3 is 0 Å². The average Bonchev–Trinajstić information content (AvgIpc) is 2.25. The van der Waals surface area contributed by atoms with Crippen molar-refractivity contribution in [3.05, 3.63) is 22.3 Å². The number of hydrogen-bond acceptors (Lipinski definition) is 2. The van der Waals surface area contributed by atoms with Crippen molar-refractivity contribution < 1.29 is 0 Å². The lowest BCUT2D eigenvalue weighted by atomic mass is 9.89. The molecule has 4 N–H and O–H groups in total. The van der Waals surface area contributed by atoms with Crippen LogP contribution in [0.3, 0.4) is 0 Å². The van der Waals surface area contributed by atoms with Crippen LogP contribution in [0.1, 0.15) is 43.0 Å². The van der Waals surface area contributed by atoms with Gasteiger partial charge in [-0.2, -0.15) is 0 Å². The van der Waals surface area contributed by atoms with Gasteiger partial charge in [0.2, 0.25) is 0 Å². The molecule has 2 heteroatoms. The van der Waals surface area contributed by atoms with Gasteiger partial charge in [0.1, 0.15) is 0 Å². The SMILES string of the molecule is CCc1c(C)c(N)c(N)c(CC)c1CC. The summed E-state index contributed by atoms with van der Waals surface area (Å²) in [6, 6.07) is 0. The zero-order valence-corrected chi connectivity index (χ0v) is 10.3. The number of hydrogen-bond donors (Lipinski definition) is 2. The van der Waals surface area contributed by atoms with E-state index in [9.17, 15) is 0 Å². The summed E-state index contributed by atoms with van der Waals surface area (Å²) in [6.07, 6.45) is 3.04.